The molecule has 42 heavy (non-hydrogen) atoms. The lowest BCUT2D eigenvalue weighted by atomic mass is 9.46. The van der Waals surface area contributed by atoms with Crippen molar-refractivity contribution in [1.29, 1.82) is 0 Å². The van der Waals surface area contributed by atoms with E-state index < -0.39 is 35.4 Å². The summed E-state index contributed by atoms with van der Waals surface area (Å²) in [5.74, 6) is 0.164. The van der Waals surface area contributed by atoms with E-state index in [-0.39, 0.29) is 35.4 Å². The van der Waals surface area contributed by atoms with Crippen LogP contribution in [0.25, 0.3) is 0 Å². The minimum atomic E-state index is -1.56. The summed E-state index contributed by atoms with van der Waals surface area (Å²) in [5.41, 5.74) is 0.900. The van der Waals surface area contributed by atoms with Crippen molar-refractivity contribution in [2.75, 3.05) is 13.2 Å². The molecule has 7 atom stereocenters. The second kappa shape index (κ2) is 12.8. The number of amides is 1. The number of carbonyl (C=O) groups excluding carboxylic acids is 3. The largest absolute Gasteiger partial charge is 0.494 e. The average molecular weight is 584 g/mol. The van der Waals surface area contributed by atoms with Gasteiger partial charge in [-0.3, -0.25) is 19.6 Å². The van der Waals surface area contributed by atoms with Crippen LogP contribution >= 0.6 is 0 Å². The standard InChI is InChI=1S/C21H28O5.C12H17NO3/c1-19-7-5-13(23)9-12(19)3-4-14-15-6-8-21(26,17(25)11-22)20(15,2)10-16(24)18(14)19;1-2-3-8-16-11-6-4-10(5-7-11)9-12(14)13-15/h5,7,9,14-16,18,22,24,26H,3-4,6,8,10-11H2,1-2H3;4-7,15H,2-3,8-9H2,1H3,(H,13,14)/t14-,15-,16-,18+,19-,20-,21-;/m0./s1. The number of carbonyl (C=O) groups is 3. The van der Waals surface area contributed by atoms with Crippen LogP contribution in [-0.2, 0) is 20.8 Å². The first-order chi connectivity index (χ1) is 19.9. The third-order valence-electron chi connectivity index (χ3n) is 10.4. The van der Waals surface area contributed by atoms with E-state index in [1.54, 1.807) is 17.6 Å². The molecule has 4 aliphatic rings. The SMILES string of the molecule is CCCCOc1ccc(CC(=O)NO)cc1.C[C@]12C=CC(=O)C=C1CC[C@@H]1[C@@H]2[C@@H](O)C[C@@]2(C)[C@H]1CC[C@]2(O)C(=O)CO. The van der Waals surface area contributed by atoms with Gasteiger partial charge < -0.3 is 20.1 Å². The predicted octanol–water partition coefficient (Wildman–Crippen LogP) is 3.47. The minimum absolute atomic E-state index is 0.00912. The lowest BCUT2D eigenvalue weighted by Gasteiger charge is -2.59. The molecule has 5 rings (SSSR count). The number of ether oxygens (including phenoxy) is 1. The van der Waals surface area contributed by atoms with Gasteiger partial charge in [0, 0.05) is 16.7 Å². The molecule has 4 aliphatic carbocycles. The van der Waals surface area contributed by atoms with Crippen molar-refractivity contribution in [3.05, 3.63) is 53.6 Å². The van der Waals surface area contributed by atoms with Crippen molar-refractivity contribution in [2.45, 2.75) is 83.8 Å². The van der Waals surface area contributed by atoms with Gasteiger partial charge in [0.2, 0.25) is 5.91 Å². The summed E-state index contributed by atoms with van der Waals surface area (Å²) in [5, 5.41) is 40.0. The zero-order valence-corrected chi connectivity index (χ0v) is 24.8. The maximum Gasteiger partial charge on any atom is 0.247 e. The summed E-state index contributed by atoms with van der Waals surface area (Å²) in [6, 6.07) is 7.29. The van der Waals surface area contributed by atoms with Gasteiger partial charge in [-0.1, -0.05) is 51.0 Å². The van der Waals surface area contributed by atoms with Gasteiger partial charge in [0.15, 0.2) is 11.6 Å². The van der Waals surface area contributed by atoms with Crippen LogP contribution in [-0.4, -0.2) is 62.9 Å². The van der Waals surface area contributed by atoms with E-state index >= 15 is 0 Å². The predicted molar refractivity (Wildman–Crippen MR) is 156 cm³/mol. The van der Waals surface area contributed by atoms with Crippen LogP contribution in [0.2, 0.25) is 0 Å². The fraction of sp³-hybridized carbons (Fsp3) is 0.606. The summed E-state index contributed by atoms with van der Waals surface area (Å²) in [4.78, 5) is 35.0. The van der Waals surface area contributed by atoms with E-state index in [9.17, 15) is 29.7 Å². The van der Waals surface area contributed by atoms with E-state index in [1.165, 1.54) is 0 Å². The summed E-state index contributed by atoms with van der Waals surface area (Å²) < 4.78 is 5.48. The van der Waals surface area contributed by atoms with Crippen LogP contribution in [0.15, 0.2) is 48.1 Å². The van der Waals surface area contributed by atoms with Crippen LogP contribution in [0, 0.1) is 28.6 Å². The number of ketones is 2. The molecule has 0 aromatic heterocycles. The van der Waals surface area contributed by atoms with Crippen molar-refractivity contribution in [3.8, 4) is 5.75 Å². The monoisotopic (exact) mass is 583 g/mol. The van der Waals surface area contributed by atoms with Gasteiger partial charge in [-0.05, 0) is 80.2 Å². The van der Waals surface area contributed by atoms with Crippen molar-refractivity contribution in [3.63, 3.8) is 0 Å². The number of hydrogen-bond donors (Lipinski definition) is 5. The highest BCUT2D eigenvalue weighted by Gasteiger charge is 2.67. The smallest absolute Gasteiger partial charge is 0.247 e. The number of unbranched alkanes of at least 4 members (excludes halogenated alkanes) is 1. The van der Waals surface area contributed by atoms with Gasteiger partial charge in [-0.25, -0.2) is 5.48 Å². The van der Waals surface area contributed by atoms with E-state index in [4.69, 9.17) is 9.94 Å². The lowest BCUT2D eigenvalue weighted by Crippen LogP contribution is -2.61. The second-order valence-corrected chi connectivity index (χ2v) is 12.7. The lowest BCUT2D eigenvalue weighted by molar-refractivity contribution is -0.178. The molecule has 1 amide bonds. The normalized spacial score (nSPS) is 34.6. The van der Waals surface area contributed by atoms with Crippen LogP contribution in [0.5, 0.6) is 5.75 Å². The Bertz CT molecular complexity index is 1220. The van der Waals surface area contributed by atoms with Gasteiger partial charge in [-0.15, -0.1) is 0 Å². The summed E-state index contributed by atoms with van der Waals surface area (Å²) in [6.45, 7) is 6.17. The van der Waals surface area contributed by atoms with Gasteiger partial charge >= 0.3 is 0 Å². The Labute approximate surface area is 247 Å². The number of allylic oxidation sites excluding steroid dienone is 4. The Morgan fingerprint density at radius 1 is 1.14 bits per heavy atom. The number of hydrogen-bond acceptors (Lipinski definition) is 8. The van der Waals surface area contributed by atoms with E-state index in [2.05, 4.69) is 13.8 Å². The molecule has 1 aromatic carbocycles. The summed E-state index contributed by atoms with van der Waals surface area (Å²) in [6.07, 6.45) is 10.00. The van der Waals surface area contributed by atoms with Crippen molar-refractivity contribution in [1.82, 2.24) is 5.48 Å². The third kappa shape index (κ3) is 5.84. The molecular weight excluding hydrogens is 538 g/mol. The van der Waals surface area contributed by atoms with Crippen molar-refractivity contribution >= 4 is 17.5 Å². The molecule has 9 nitrogen and oxygen atoms in total. The summed E-state index contributed by atoms with van der Waals surface area (Å²) in [7, 11) is 0. The Kier molecular flexibility index (Phi) is 9.77. The number of Topliss-reactive ketones (excluding diaryl/α,β-unsaturated/α-hetero) is 1. The molecule has 5 N–H and O–H groups in total. The number of fused-ring (bicyclic) bond motifs is 5. The number of aliphatic hydroxyl groups is 3. The number of benzene rings is 1. The Morgan fingerprint density at radius 2 is 1.86 bits per heavy atom. The number of rotatable bonds is 8. The highest BCUT2D eigenvalue weighted by molar-refractivity contribution is 6.01. The van der Waals surface area contributed by atoms with E-state index in [0.717, 1.165) is 49.0 Å². The number of nitrogens with one attached hydrogen (secondary N) is 1. The molecular formula is C33H45NO8. The molecule has 0 bridgehead atoms. The quantitative estimate of drug-likeness (QED) is 0.177. The van der Waals surface area contributed by atoms with Crippen LogP contribution in [0.3, 0.4) is 0 Å². The molecule has 0 spiro atoms. The second-order valence-electron chi connectivity index (χ2n) is 12.7. The topological polar surface area (TPSA) is 153 Å². The molecule has 3 saturated carbocycles. The highest BCUT2D eigenvalue weighted by Crippen LogP contribution is 2.67. The fourth-order valence-corrected chi connectivity index (χ4v) is 8.18. The molecule has 0 heterocycles. The first-order valence-electron chi connectivity index (χ1n) is 15.1. The Hall–Kier alpha value is -2.85. The molecule has 0 saturated heterocycles. The molecule has 0 unspecified atom stereocenters. The number of hydroxylamine groups is 1. The molecule has 9 heteroatoms. The first kappa shape index (κ1) is 32.1. The molecule has 3 fully saturated rings. The maximum atomic E-state index is 12.4. The van der Waals surface area contributed by atoms with Crippen LogP contribution in [0.1, 0.15) is 71.3 Å². The van der Waals surface area contributed by atoms with Gasteiger partial charge in [0.25, 0.3) is 0 Å². The van der Waals surface area contributed by atoms with Crippen molar-refractivity contribution in [2.24, 2.45) is 28.6 Å². The van der Waals surface area contributed by atoms with E-state index in [0.29, 0.717) is 19.4 Å². The Balaban J connectivity index is 0.000000219. The zero-order chi connectivity index (χ0) is 30.7. The van der Waals surface area contributed by atoms with Crippen LogP contribution in [0.4, 0.5) is 0 Å². The molecule has 1 aromatic rings. The highest BCUT2D eigenvalue weighted by atomic mass is 16.5. The number of aliphatic hydroxyl groups excluding tert-OH is 2. The van der Waals surface area contributed by atoms with Gasteiger partial charge in [-0.2, -0.15) is 0 Å². The molecule has 0 aliphatic heterocycles. The molecule has 0 radical (unpaired) electrons. The summed E-state index contributed by atoms with van der Waals surface area (Å²) >= 11 is 0. The zero-order valence-electron chi connectivity index (χ0n) is 24.8. The average Bonchev–Trinajstić information content (AvgIpc) is 3.24. The fourth-order valence-electron chi connectivity index (χ4n) is 8.18. The first-order valence-corrected chi connectivity index (χ1v) is 15.1. The van der Waals surface area contributed by atoms with Gasteiger partial charge in [0.05, 0.1) is 19.1 Å². The van der Waals surface area contributed by atoms with Crippen molar-refractivity contribution < 1.29 is 39.6 Å². The van der Waals surface area contributed by atoms with Gasteiger partial charge in [0.1, 0.15) is 18.0 Å². The third-order valence-corrected chi connectivity index (χ3v) is 10.4. The Morgan fingerprint density at radius 3 is 2.50 bits per heavy atom. The molecule has 230 valence electrons. The van der Waals surface area contributed by atoms with E-state index in [1.807, 2.05) is 37.3 Å². The van der Waals surface area contributed by atoms with Crippen LogP contribution < -0.4 is 10.2 Å². The minimum Gasteiger partial charge on any atom is -0.494 e. The maximum absolute atomic E-state index is 12.4.